The van der Waals surface area contributed by atoms with Crippen LogP contribution in [-0.4, -0.2) is 23.9 Å². The second kappa shape index (κ2) is 3.38. The fraction of sp³-hybridized carbons (Fsp3) is 0.400. The first-order valence-electron chi connectivity index (χ1n) is 4.56. The van der Waals surface area contributed by atoms with E-state index in [9.17, 15) is 10.2 Å². The maximum absolute atomic E-state index is 9.67. The second-order valence-electron chi connectivity index (χ2n) is 3.35. The van der Waals surface area contributed by atoms with E-state index in [0.717, 1.165) is 18.5 Å². The van der Waals surface area contributed by atoms with Gasteiger partial charge in [-0.3, -0.25) is 0 Å². The Morgan fingerprint density at radius 1 is 1.36 bits per heavy atom. The molecule has 0 saturated carbocycles. The van der Waals surface area contributed by atoms with Crippen molar-refractivity contribution >= 4 is 0 Å². The summed E-state index contributed by atoms with van der Waals surface area (Å²) in [6, 6.07) is 3.58. The van der Waals surface area contributed by atoms with Crippen molar-refractivity contribution in [1.82, 2.24) is 5.32 Å². The predicted octanol–water partition coefficient (Wildman–Crippen LogP) is 1.14. The first-order chi connectivity index (χ1) is 6.74. The van der Waals surface area contributed by atoms with Gasteiger partial charge in [0.2, 0.25) is 5.75 Å². The number of nitrogens with one attached hydrogen (secondary N) is 1. The Morgan fingerprint density at radius 3 is 2.57 bits per heavy atom. The molecule has 2 rings (SSSR count). The Hall–Kier alpha value is -1.42. The van der Waals surface area contributed by atoms with Gasteiger partial charge in [0.25, 0.3) is 0 Å². The van der Waals surface area contributed by atoms with E-state index in [1.54, 1.807) is 12.1 Å². The van der Waals surface area contributed by atoms with Gasteiger partial charge in [0.05, 0.1) is 7.11 Å². The summed E-state index contributed by atoms with van der Waals surface area (Å²) in [7, 11) is 1.45. The van der Waals surface area contributed by atoms with Gasteiger partial charge in [0.15, 0.2) is 11.5 Å². The Labute approximate surface area is 82.1 Å². The minimum absolute atomic E-state index is 0.0819. The molecule has 1 aliphatic heterocycles. The highest BCUT2D eigenvalue weighted by Gasteiger charge is 2.24. The average Bonchev–Trinajstić information content (AvgIpc) is 2.10. The zero-order valence-corrected chi connectivity index (χ0v) is 7.95. The Morgan fingerprint density at radius 2 is 2.07 bits per heavy atom. The summed E-state index contributed by atoms with van der Waals surface area (Å²) in [5.41, 5.74) is 0.731. The van der Waals surface area contributed by atoms with E-state index in [4.69, 9.17) is 4.74 Å². The van der Waals surface area contributed by atoms with Crippen molar-refractivity contribution in [3.63, 3.8) is 0 Å². The number of benzene rings is 1. The third-order valence-electron chi connectivity index (χ3n) is 2.56. The molecule has 1 fully saturated rings. The van der Waals surface area contributed by atoms with Crippen LogP contribution in [0, 0.1) is 0 Å². The predicted molar refractivity (Wildman–Crippen MR) is 51.7 cm³/mol. The van der Waals surface area contributed by atoms with Crippen LogP contribution in [0.3, 0.4) is 0 Å². The third kappa shape index (κ3) is 1.28. The molecule has 14 heavy (non-hydrogen) atoms. The molecule has 1 aromatic carbocycles. The normalized spacial score (nSPS) is 20.2. The molecule has 1 aliphatic rings. The highest BCUT2D eigenvalue weighted by Crippen LogP contribution is 2.42. The van der Waals surface area contributed by atoms with Crippen molar-refractivity contribution in [3.05, 3.63) is 17.7 Å². The molecular weight excluding hydrogens is 182 g/mol. The fourth-order valence-corrected chi connectivity index (χ4v) is 1.58. The van der Waals surface area contributed by atoms with E-state index >= 15 is 0 Å². The van der Waals surface area contributed by atoms with Crippen LogP contribution in [0.1, 0.15) is 18.0 Å². The molecule has 0 aliphatic carbocycles. The lowest BCUT2D eigenvalue weighted by Gasteiger charge is -2.28. The number of aromatic hydroxyl groups is 2. The lowest BCUT2D eigenvalue weighted by Crippen LogP contribution is -2.34. The number of methoxy groups -OCH3 is 1. The van der Waals surface area contributed by atoms with Crippen molar-refractivity contribution in [3.8, 4) is 17.2 Å². The molecule has 76 valence electrons. The highest BCUT2D eigenvalue weighted by molar-refractivity contribution is 5.55. The van der Waals surface area contributed by atoms with E-state index in [0.29, 0.717) is 5.75 Å². The zero-order valence-electron chi connectivity index (χ0n) is 7.95. The SMILES string of the molecule is COc1ccc([C@@H]2CCN2)c(O)c1O. The molecule has 0 spiro atoms. The maximum atomic E-state index is 9.67. The largest absolute Gasteiger partial charge is 0.504 e. The van der Waals surface area contributed by atoms with E-state index in [2.05, 4.69) is 5.32 Å². The molecule has 3 N–H and O–H groups in total. The minimum Gasteiger partial charge on any atom is -0.504 e. The van der Waals surface area contributed by atoms with Gasteiger partial charge in [-0.1, -0.05) is 0 Å². The van der Waals surface area contributed by atoms with Gasteiger partial charge in [0.1, 0.15) is 0 Å². The number of phenolic OH excluding ortho intramolecular Hbond substituents is 2. The molecule has 4 nitrogen and oxygen atoms in total. The Bertz CT molecular complexity index is 347. The summed E-state index contributed by atoms with van der Waals surface area (Å²) < 4.78 is 4.88. The summed E-state index contributed by atoms with van der Waals surface area (Å²) in [6.07, 6.45) is 0.985. The van der Waals surface area contributed by atoms with Gasteiger partial charge >= 0.3 is 0 Å². The first kappa shape index (κ1) is 9.15. The van der Waals surface area contributed by atoms with Crippen molar-refractivity contribution in [1.29, 1.82) is 0 Å². The number of ether oxygens (including phenoxy) is 1. The maximum Gasteiger partial charge on any atom is 0.200 e. The molecule has 1 aromatic rings. The number of phenols is 2. The van der Waals surface area contributed by atoms with Gasteiger partial charge in [-0.2, -0.15) is 0 Å². The van der Waals surface area contributed by atoms with Gasteiger partial charge in [-0.05, 0) is 25.1 Å². The van der Waals surface area contributed by atoms with Crippen LogP contribution in [-0.2, 0) is 0 Å². The van der Waals surface area contributed by atoms with E-state index in [1.807, 2.05) is 0 Å². The summed E-state index contributed by atoms with van der Waals surface area (Å²) >= 11 is 0. The molecule has 0 radical (unpaired) electrons. The van der Waals surface area contributed by atoms with Crippen LogP contribution in [0.15, 0.2) is 12.1 Å². The summed E-state index contributed by atoms with van der Waals surface area (Å²) in [6.45, 7) is 0.955. The summed E-state index contributed by atoms with van der Waals surface area (Å²) in [5, 5.41) is 22.4. The summed E-state index contributed by atoms with van der Waals surface area (Å²) in [5.74, 6) is 0.0332. The van der Waals surface area contributed by atoms with Crippen molar-refractivity contribution in [2.75, 3.05) is 13.7 Å². The lowest BCUT2D eigenvalue weighted by molar-refractivity contribution is 0.331. The molecule has 1 saturated heterocycles. The molecule has 4 heteroatoms. The van der Waals surface area contributed by atoms with Crippen LogP contribution in [0.4, 0.5) is 0 Å². The average molecular weight is 195 g/mol. The van der Waals surface area contributed by atoms with Gasteiger partial charge in [-0.15, -0.1) is 0 Å². The van der Waals surface area contributed by atoms with Crippen molar-refractivity contribution in [2.45, 2.75) is 12.5 Å². The molecule has 0 amide bonds. The quantitative estimate of drug-likeness (QED) is 0.619. The fourth-order valence-electron chi connectivity index (χ4n) is 1.58. The monoisotopic (exact) mass is 195 g/mol. The van der Waals surface area contributed by atoms with E-state index in [1.165, 1.54) is 7.11 Å². The molecular formula is C10H13NO3. The minimum atomic E-state index is -0.182. The summed E-state index contributed by atoms with van der Waals surface area (Å²) in [4.78, 5) is 0. The van der Waals surface area contributed by atoms with Crippen LogP contribution in [0.2, 0.25) is 0 Å². The van der Waals surface area contributed by atoms with Crippen LogP contribution in [0.5, 0.6) is 17.2 Å². The molecule has 0 aromatic heterocycles. The first-order valence-corrected chi connectivity index (χ1v) is 4.56. The number of rotatable bonds is 2. The smallest absolute Gasteiger partial charge is 0.200 e. The highest BCUT2D eigenvalue weighted by atomic mass is 16.5. The number of hydrogen-bond donors (Lipinski definition) is 3. The van der Waals surface area contributed by atoms with E-state index in [-0.39, 0.29) is 17.5 Å². The van der Waals surface area contributed by atoms with Crippen LogP contribution in [0.25, 0.3) is 0 Å². The Balaban J connectivity index is 2.38. The topological polar surface area (TPSA) is 61.7 Å². The molecule has 1 atom stereocenters. The molecule has 1 heterocycles. The Kier molecular flexibility index (Phi) is 2.21. The zero-order chi connectivity index (χ0) is 10.1. The van der Waals surface area contributed by atoms with E-state index < -0.39 is 0 Å². The van der Waals surface area contributed by atoms with Crippen LogP contribution < -0.4 is 10.1 Å². The van der Waals surface area contributed by atoms with Crippen LogP contribution >= 0.6 is 0 Å². The van der Waals surface area contributed by atoms with Gasteiger partial charge in [-0.25, -0.2) is 0 Å². The van der Waals surface area contributed by atoms with Crippen molar-refractivity contribution < 1.29 is 14.9 Å². The second-order valence-corrected chi connectivity index (χ2v) is 3.35. The lowest BCUT2D eigenvalue weighted by atomic mass is 9.96. The molecule has 0 bridgehead atoms. The molecule has 0 unspecified atom stereocenters. The standard InChI is InChI=1S/C10H13NO3/c1-14-8-3-2-6(7-4-5-11-7)9(12)10(8)13/h2-3,7,11-13H,4-5H2,1H3/t7-/m0/s1. The number of hydrogen-bond acceptors (Lipinski definition) is 4. The van der Waals surface area contributed by atoms with Gasteiger partial charge < -0.3 is 20.3 Å². The third-order valence-corrected chi connectivity index (χ3v) is 2.56. The van der Waals surface area contributed by atoms with Gasteiger partial charge in [0, 0.05) is 11.6 Å². The van der Waals surface area contributed by atoms with Crippen molar-refractivity contribution in [2.24, 2.45) is 0 Å².